The van der Waals surface area contributed by atoms with Crippen molar-refractivity contribution in [2.45, 2.75) is 6.42 Å². The van der Waals surface area contributed by atoms with Crippen molar-refractivity contribution in [3.63, 3.8) is 0 Å². The smallest absolute Gasteiger partial charge is 0.251 e. The number of hydrogen-bond donors (Lipinski definition) is 1. The number of rotatable bonds is 4. The first kappa shape index (κ1) is 16.4. The highest BCUT2D eigenvalue weighted by atomic mass is 16.5. The number of ether oxygens (including phenoxy) is 2. The number of nitrogens with one attached hydrogen (secondary N) is 1. The molecule has 0 unspecified atom stereocenters. The lowest BCUT2D eigenvalue weighted by atomic mass is 9.96. The highest BCUT2D eigenvalue weighted by Crippen LogP contribution is 2.35. The van der Waals surface area contributed by atoms with Crippen LogP contribution in [0.1, 0.15) is 15.9 Å². The van der Waals surface area contributed by atoms with Gasteiger partial charge in [-0.25, -0.2) is 0 Å². The van der Waals surface area contributed by atoms with Gasteiger partial charge in [-0.2, -0.15) is 0 Å². The fourth-order valence-corrected chi connectivity index (χ4v) is 3.38. The van der Waals surface area contributed by atoms with Gasteiger partial charge in [-0.05, 0) is 36.2 Å². The monoisotopic (exact) mass is 348 g/mol. The Balaban J connectivity index is 1.45. The molecule has 1 N–H and O–H groups in total. The molecule has 1 atom stereocenters. The Morgan fingerprint density at radius 2 is 2.12 bits per heavy atom. The predicted octanol–water partition coefficient (Wildman–Crippen LogP) is 3.22. The molecule has 0 fully saturated rings. The molecule has 26 heavy (non-hydrogen) atoms. The standard InChI is InChI=1S/C21H20N2O3/c1-25-19-9-2-5-15-11-14(13-26-20(15)19)12-23-21(24)17-6-3-8-18-16(17)7-4-10-22-18/h2-10,14H,11-13H2,1H3,(H,23,24)/t14-/m0/s1. The van der Waals surface area contributed by atoms with Gasteiger partial charge in [-0.1, -0.05) is 24.3 Å². The Morgan fingerprint density at radius 1 is 1.23 bits per heavy atom. The SMILES string of the molecule is COc1cccc2c1OC[C@H](CNC(=O)c1cccc3ncccc13)C2. The minimum atomic E-state index is -0.0833. The van der Waals surface area contributed by atoms with Crippen LogP contribution in [-0.4, -0.2) is 31.2 Å². The Labute approximate surface area is 152 Å². The summed E-state index contributed by atoms with van der Waals surface area (Å²) in [6.07, 6.45) is 2.58. The summed E-state index contributed by atoms with van der Waals surface area (Å²) in [5.41, 5.74) is 2.58. The van der Waals surface area contributed by atoms with Gasteiger partial charge < -0.3 is 14.8 Å². The molecule has 2 aromatic carbocycles. The molecule has 2 heterocycles. The third kappa shape index (κ3) is 3.08. The van der Waals surface area contributed by atoms with Crippen LogP contribution in [0.2, 0.25) is 0 Å². The third-order valence-corrected chi connectivity index (χ3v) is 4.69. The van der Waals surface area contributed by atoms with Crippen LogP contribution in [0.25, 0.3) is 10.9 Å². The van der Waals surface area contributed by atoms with E-state index in [1.165, 1.54) is 0 Å². The highest BCUT2D eigenvalue weighted by molar-refractivity contribution is 6.06. The second-order valence-corrected chi connectivity index (χ2v) is 6.42. The zero-order chi connectivity index (χ0) is 17.9. The van der Waals surface area contributed by atoms with Crippen molar-refractivity contribution in [2.75, 3.05) is 20.3 Å². The summed E-state index contributed by atoms with van der Waals surface area (Å²) >= 11 is 0. The third-order valence-electron chi connectivity index (χ3n) is 4.69. The molecule has 3 aromatic rings. The van der Waals surface area contributed by atoms with Crippen molar-refractivity contribution in [3.8, 4) is 11.5 Å². The number of carbonyl (C=O) groups is 1. The number of hydrogen-bond acceptors (Lipinski definition) is 4. The summed E-state index contributed by atoms with van der Waals surface area (Å²) in [7, 11) is 1.64. The van der Waals surface area contributed by atoms with E-state index in [2.05, 4.69) is 10.3 Å². The molecule has 4 rings (SSSR count). The molecule has 0 saturated carbocycles. The number of aromatic nitrogens is 1. The zero-order valence-corrected chi connectivity index (χ0v) is 14.6. The van der Waals surface area contributed by atoms with Crippen LogP contribution in [0.4, 0.5) is 0 Å². The first-order chi connectivity index (χ1) is 12.8. The van der Waals surface area contributed by atoms with Gasteiger partial charge in [0.25, 0.3) is 5.91 Å². The number of fused-ring (bicyclic) bond motifs is 2. The van der Waals surface area contributed by atoms with Gasteiger partial charge in [0.15, 0.2) is 11.5 Å². The maximum Gasteiger partial charge on any atom is 0.251 e. The molecule has 132 valence electrons. The number of benzene rings is 2. The Hall–Kier alpha value is -3.08. The minimum Gasteiger partial charge on any atom is -0.493 e. The van der Waals surface area contributed by atoms with Crippen LogP contribution >= 0.6 is 0 Å². The number of carbonyl (C=O) groups excluding carboxylic acids is 1. The molecular weight excluding hydrogens is 328 g/mol. The van der Waals surface area contributed by atoms with Gasteiger partial charge >= 0.3 is 0 Å². The van der Waals surface area contributed by atoms with E-state index >= 15 is 0 Å². The molecule has 0 aliphatic carbocycles. The number of methoxy groups -OCH3 is 1. The van der Waals surface area contributed by atoms with Gasteiger partial charge in [0.05, 0.1) is 19.2 Å². The fourth-order valence-electron chi connectivity index (χ4n) is 3.38. The predicted molar refractivity (Wildman–Crippen MR) is 99.8 cm³/mol. The van der Waals surface area contributed by atoms with Crippen molar-refractivity contribution in [2.24, 2.45) is 5.92 Å². The molecule has 0 spiro atoms. The lowest BCUT2D eigenvalue weighted by molar-refractivity contribution is 0.0940. The average Bonchev–Trinajstić information content (AvgIpc) is 2.70. The summed E-state index contributed by atoms with van der Waals surface area (Å²) in [4.78, 5) is 17.0. The molecule has 0 saturated heterocycles. The Morgan fingerprint density at radius 3 is 3.00 bits per heavy atom. The maximum absolute atomic E-state index is 12.6. The van der Waals surface area contributed by atoms with Crippen LogP contribution in [0, 0.1) is 5.92 Å². The van der Waals surface area contributed by atoms with Crippen LogP contribution in [0.3, 0.4) is 0 Å². The van der Waals surface area contributed by atoms with Crippen molar-refractivity contribution in [3.05, 3.63) is 65.9 Å². The molecule has 0 bridgehead atoms. The quantitative estimate of drug-likeness (QED) is 0.786. The highest BCUT2D eigenvalue weighted by Gasteiger charge is 2.23. The molecule has 5 nitrogen and oxygen atoms in total. The Bertz CT molecular complexity index is 950. The van der Waals surface area contributed by atoms with Crippen molar-refractivity contribution in [1.82, 2.24) is 10.3 Å². The Kier molecular flexibility index (Phi) is 4.44. The van der Waals surface area contributed by atoms with Crippen molar-refractivity contribution in [1.29, 1.82) is 0 Å². The van der Waals surface area contributed by atoms with Gasteiger partial charge in [0.1, 0.15) is 0 Å². The van der Waals surface area contributed by atoms with Crippen LogP contribution in [0.5, 0.6) is 11.5 Å². The summed E-state index contributed by atoms with van der Waals surface area (Å²) in [6.45, 7) is 1.12. The van der Waals surface area contributed by atoms with E-state index in [1.54, 1.807) is 13.3 Å². The molecule has 1 aliphatic rings. The summed E-state index contributed by atoms with van der Waals surface area (Å²) in [5, 5.41) is 3.91. The van der Waals surface area contributed by atoms with E-state index in [0.717, 1.165) is 34.4 Å². The first-order valence-electron chi connectivity index (χ1n) is 8.67. The van der Waals surface area contributed by atoms with Gasteiger partial charge in [-0.15, -0.1) is 0 Å². The lowest BCUT2D eigenvalue weighted by Gasteiger charge is -2.26. The molecular formula is C21H20N2O3. The summed E-state index contributed by atoms with van der Waals surface area (Å²) in [5.74, 6) is 1.72. The molecule has 1 amide bonds. The van der Waals surface area contributed by atoms with Crippen LogP contribution in [0.15, 0.2) is 54.7 Å². The zero-order valence-electron chi connectivity index (χ0n) is 14.6. The van der Waals surface area contributed by atoms with E-state index in [-0.39, 0.29) is 11.8 Å². The van der Waals surface area contributed by atoms with Gasteiger partial charge in [-0.3, -0.25) is 9.78 Å². The lowest BCUT2D eigenvalue weighted by Crippen LogP contribution is -2.35. The molecule has 1 aromatic heterocycles. The van der Waals surface area contributed by atoms with Gasteiger partial charge in [0, 0.05) is 29.6 Å². The van der Waals surface area contributed by atoms with E-state index in [9.17, 15) is 4.79 Å². The summed E-state index contributed by atoms with van der Waals surface area (Å²) < 4.78 is 11.2. The van der Waals surface area contributed by atoms with Crippen molar-refractivity contribution < 1.29 is 14.3 Å². The minimum absolute atomic E-state index is 0.0833. The van der Waals surface area contributed by atoms with Crippen molar-refractivity contribution >= 4 is 16.8 Å². The maximum atomic E-state index is 12.6. The number of nitrogens with zero attached hydrogens (tertiary/aromatic N) is 1. The fraction of sp³-hybridized carbons (Fsp3) is 0.238. The first-order valence-corrected chi connectivity index (χ1v) is 8.67. The number of pyridine rings is 1. The number of amides is 1. The molecule has 0 radical (unpaired) electrons. The largest absolute Gasteiger partial charge is 0.493 e. The second kappa shape index (κ2) is 7.04. The second-order valence-electron chi connectivity index (χ2n) is 6.42. The topological polar surface area (TPSA) is 60.5 Å². The van der Waals surface area contributed by atoms with Crippen LogP contribution in [-0.2, 0) is 6.42 Å². The van der Waals surface area contributed by atoms with Gasteiger partial charge in [0.2, 0.25) is 0 Å². The van der Waals surface area contributed by atoms with E-state index in [0.29, 0.717) is 18.7 Å². The normalized spacial score (nSPS) is 15.8. The van der Waals surface area contributed by atoms with Crippen LogP contribution < -0.4 is 14.8 Å². The van der Waals surface area contributed by atoms with E-state index in [1.807, 2.05) is 48.5 Å². The molecule has 1 aliphatic heterocycles. The molecule has 5 heteroatoms. The summed E-state index contributed by atoms with van der Waals surface area (Å²) in [6, 6.07) is 15.3. The van der Waals surface area contributed by atoms with E-state index in [4.69, 9.17) is 9.47 Å². The van der Waals surface area contributed by atoms with E-state index < -0.39 is 0 Å². The number of para-hydroxylation sites is 1. The average molecular weight is 348 g/mol.